The molecule has 1 heterocycles. The number of nitrogens with zero attached hydrogens (tertiary/aromatic N) is 2. The smallest absolute Gasteiger partial charge is 0.222 e. The summed E-state index contributed by atoms with van der Waals surface area (Å²) in [5, 5.41) is 6.67. The van der Waals surface area contributed by atoms with Crippen molar-refractivity contribution in [1.29, 1.82) is 0 Å². The molecule has 1 saturated heterocycles. The Balaban J connectivity index is 0.00000364. The summed E-state index contributed by atoms with van der Waals surface area (Å²) in [5.74, 6) is 2.18. The highest BCUT2D eigenvalue weighted by Crippen LogP contribution is 2.15. The number of likely N-dealkylation sites (tertiary alicyclic amines) is 1. The molecule has 0 atom stereocenters. The summed E-state index contributed by atoms with van der Waals surface area (Å²) in [5.41, 5.74) is 0. The van der Waals surface area contributed by atoms with Crippen LogP contribution in [-0.4, -0.2) is 55.2 Å². The number of halogens is 1. The van der Waals surface area contributed by atoms with Crippen LogP contribution >= 0.6 is 35.7 Å². The number of carbonyl (C=O) groups is 1. The molecule has 0 aromatic heterocycles. The Bertz CT molecular complexity index is 556. The van der Waals surface area contributed by atoms with Gasteiger partial charge in [0.05, 0.1) is 0 Å². The van der Waals surface area contributed by atoms with Gasteiger partial charge in [0.2, 0.25) is 5.91 Å². The number of rotatable bonds is 9. The van der Waals surface area contributed by atoms with Gasteiger partial charge in [0.1, 0.15) is 0 Å². The van der Waals surface area contributed by atoms with Gasteiger partial charge in [-0.1, -0.05) is 24.6 Å². The predicted molar refractivity (Wildman–Crippen MR) is 126 cm³/mol. The van der Waals surface area contributed by atoms with Gasteiger partial charge in [0, 0.05) is 49.8 Å². The lowest BCUT2D eigenvalue weighted by Gasteiger charge is -2.20. The molecule has 0 unspecified atom stereocenters. The number of carbonyl (C=O) groups excluding carboxylic acids is 1. The predicted octanol–water partition coefficient (Wildman–Crippen LogP) is 3.74. The number of guanidine groups is 1. The summed E-state index contributed by atoms with van der Waals surface area (Å²) >= 11 is 1.84. The summed E-state index contributed by atoms with van der Waals surface area (Å²) in [7, 11) is 0. The number of hydrogen-bond acceptors (Lipinski definition) is 3. The van der Waals surface area contributed by atoms with Crippen molar-refractivity contribution in [3.05, 3.63) is 30.3 Å². The van der Waals surface area contributed by atoms with Crippen molar-refractivity contribution in [1.82, 2.24) is 15.5 Å². The van der Waals surface area contributed by atoms with E-state index in [4.69, 9.17) is 0 Å². The topological polar surface area (TPSA) is 56.7 Å². The van der Waals surface area contributed by atoms with Crippen LogP contribution in [0.1, 0.15) is 39.0 Å². The Morgan fingerprint density at radius 1 is 1.19 bits per heavy atom. The van der Waals surface area contributed by atoms with Gasteiger partial charge in [0.15, 0.2) is 5.96 Å². The molecule has 2 rings (SSSR count). The summed E-state index contributed by atoms with van der Waals surface area (Å²) < 4.78 is 0. The number of nitrogens with one attached hydrogen (secondary N) is 2. The molecule has 0 bridgehead atoms. The second-order valence-corrected chi connectivity index (χ2v) is 7.56. The molecule has 1 aromatic rings. The Morgan fingerprint density at radius 2 is 2.00 bits per heavy atom. The third-order valence-corrected chi connectivity index (χ3v) is 5.29. The first kappa shape index (κ1) is 24.1. The van der Waals surface area contributed by atoms with E-state index in [0.717, 1.165) is 63.7 Å². The number of hydrogen-bond donors (Lipinski definition) is 2. The number of benzene rings is 1. The lowest BCUT2D eigenvalue weighted by Crippen LogP contribution is -2.38. The minimum absolute atomic E-state index is 0. The van der Waals surface area contributed by atoms with Gasteiger partial charge in [0.25, 0.3) is 0 Å². The standard InChI is InChI=1S/C20H32N4OS.HI/c1-2-21-20(23-14-17-26-18-10-5-3-6-11-18)22-13-9-16-24-15-8-4-7-12-19(24)25;/h3,5-6,10-11H,2,4,7-9,12-17H2,1H3,(H2,21,22,23);1H. The lowest BCUT2D eigenvalue weighted by molar-refractivity contribution is -0.130. The summed E-state index contributed by atoms with van der Waals surface area (Å²) in [6.45, 7) is 6.28. The van der Waals surface area contributed by atoms with E-state index in [2.05, 4.69) is 46.8 Å². The second kappa shape index (κ2) is 15.0. The molecule has 0 spiro atoms. The highest BCUT2D eigenvalue weighted by Gasteiger charge is 2.15. The Kier molecular flexibility index (Phi) is 13.4. The summed E-state index contributed by atoms with van der Waals surface area (Å²) in [6, 6.07) is 10.4. The molecule has 1 aliphatic heterocycles. The zero-order valence-corrected chi connectivity index (χ0v) is 19.4. The van der Waals surface area contributed by atoms with Crippen molar-refractivity contribution in [2.24, 2.45) is 4.99 Å². The van der Waals surface area contributed by atoms with Gasteiger partial charge >= 0.3 is 0 Å². The van der Waals surface area contributed by atoms with Gasteiger partial charge in [-0.15, -0.1) is 35.7 Å². The number of aliphatic imine (C=N–C) groups is 1. The van der Waals surface area contributed by atoms with Crippen LogP contribution in [0.2, 0.25) is 0 Å². The average Bonchev–Trinajstić information content (AvgIpc) is 2.87. The van der Waals surface area contributed by atoms with Crippen LogP contribution in [0.15, 0.2) is 40.2 Å². The largest absolute Gasteiger partial charge is 0.357 e. The Labute approximate surface area is 185 Å². The van der Waals surface area contributed by atoms with Crippen molar-refractivity contribution >= 4 is 47.6 Å². The molecule has 1 aromatic carbocycles. The van der Waals surface area contributed by atoms with Crippen molar-refractivity contribution in [3.63, 3.8) is 0 Å². The minimum Gasteiger partial charge on any atom is -0.357 e. The molecule has 152 valence electrons. The maximum Gasteiger partial charge on any atom is 0.222 e. The molecule has 27 heavy (non-hydrogen) atoms. The normalized spacial score (nSPS) is 15.1. The molecule has 5 nitrogen and oxygen atoms in total. The molecule has 1 amide bonds. The van der Waals surface area contributed by atoms with Crippen LogP contribution in [0.25, 0.3) is 0 Å². The van der Waals surface area contributed by atoms with Gasteiger partial charge in [-0.25, -0.2) is 0 Å². The maximum absolute atomic E-state index is 12.0. The van der Waals surface area contributed by atoms with Crippen molar-refractivity contribution in [2.45, 2.75) is 43.9 Å². The zero-order chi connectivity index (χ0) is 18.5. The fourth-order valence-electron chi connectivity index (χ4n) is 2.92. The molecular weight excluding hydrogens is 471 g/mol. The molecule has 1 fully saturated rings. The van der Waals surface area contributed by atoms with E-state index >= 15 is 0 Å². The van der Waals surface area contributed by atoms with Crippen molar-refractivity contribution in [3.8, 4) is 0 Å². The summed E-state index contributed by atoms with van der Waals surface area (Å²) in [4.78, 5) is 19.9. The maximum atomic E-state index is 12.0. The van der Waals surface area contributed by atoms with E-state index in [-0.39, 0.29) is 24.0 Å². The monoisotopic (exact) mass is 504 g/mol. The van der Waals surface area contributed by atoms with E-state index in [1.165, 1.54) is 11.3 Å². The molecule has 1 aliphatic rings. The molecule has 0 radical (unpaired) electrons. The fraction of sp³-hybridized carbons (Fsp3) is 0.600. The lowest BCUT2D eigenvalue weighted by atomic mass is 10.2. The van der Waals surface area contributed by atoms with E-state index < -0.39 is 0 Å². The zero-order valence-electron chi connectivity index (χ0n) is 16.3. The SMILES string of the molecule is CCNC(=NCCCN1CCCCCC1=O)NCCSc1ccccc1.I. The third kappa shape index (κ3) is 10.2. The van der Waals surface area contributed by atoms with Crippen molar-refractivity contribution < 1.29 is 4.79 Å². The highest BCUT2D eigenvalue weighted by atomic mass is 127. The van der Waals surface area contributed by atoms with Crippen LogP contribution in [0.5, 0.6) is 0 Å². The average molecular weight is 504 g/mol. The number of thioether (sulfide) groups is 1. The fourth-order valence-corrected chi connectivity index (χ4v) is 3.71. The third-order valence-electron chi connectivity index (χ3n) is 4.28. The first-order chi connectivity index (χ1) is 12.8. The van der Waals surface area contributed by atoms with Crippen LogP contribution in [0, 0.1) is 0 Å². The molecule has 0 aliphatic carbocycles. The first-order valence-electron chi connectivity index (χ1n) is 9.77. The van der Waals surface area contributed by atoms with Crippen LogP contribution < -0.4 is 10.6 Å². The second-order valence-electron chi connectivity index (χ2n) is 6.39. The van der Waals surface area contributed by atoms with Crippen molar-refractivity contribution in [2.75, 3.05) is 38.5 Å². The quantitative estimate of drug-likeness (QED) is 0.177. The van der Waals surface area contributed by atoms with Gasteiger partial charge < -0.3 is 15.5 Å². The van der Waals surface area contributed by atoms with Gasteiger partial charge in [-0.3, -0.25) is 9.79 Å². The highest BCUT2D eigenvalue weighted by molar-refractivity contribution is 14.0. The summed E-state index contributed by atoms with van der Waals surface area (Å²) in [6.07, 6.45) is 4.99. The van der Waals surface area contributed by atoms with E-state index in [9.17, 15) is 4.79 Å². The van der Waals surface area contributed by atoms with Gasteiger partial charge in [-0.2, -0.15) is 0 Å². The minimum atomic E-state index is 0. The molecule has 2 N–H and O–H groups in total. The van der Waals surface area contributed by atoms with Crippen LogP contribution in [0.3, 0.4) is 0 Å². The van der Waals surface area contributed by atoms with E-state index in [0.29, 0.717) is 12.3 Å². The molecule has 0 saturated carbocycles. The van der Waals surface area contributed by atoms with Crippen LogP contribution in [0.4, 0.5) is 0 Å². The van der Waals surface area contributed by atoms with E-state index in [1.54, 1.807) is 0 Å². The molecular formula is C20H33IN4OS. The first-order valence-corrected chi connectivity index (χ1v) is 10.8. The van der Waals surface area contributed by atoms with Crippen LogP contribution in [-0.2, 0) is 4.79 Å². The van der Waals surface area contributed by atoms with Gasteiger partial charge in [-0.05, 0) is 38.3 Å². The Morgan fingerprint density at radius 3 is 2.78 bits per heavy atom. The molecule has 7 heteroatoms. The Hall–Kier alpha value is -0.960. The van der Waals surface area contributed by atoms with E-state index in [1.807, 2.05) is 22.7 Å². The number of amides is 1.